The quantitative estimate of drug-likeness (QED) is 0.705. The number of halogens is 1. The summed E-state index contributed by atoms with van der Waals surface area (Å²) in [7, 11) is 1.65. The van der Waals surface area contributed by atoms with Gasteiger partial charge in [-0.25, -0.2) is 0 Å². The monoisotopic (exact) mass is 359 g/mol. The first kappa shape index (κ1) is 17.6. The second-order valence-corrected chi connectivity index (χ2v) is 6.59. The number of carbonyl (C=O) groups is 1. The van der Waals surface area contributed by atoms with Gasteiger partial charge in [0.25, 0.3) is 0 Å². The minimum atomic E-state index is 0.132. The zero-order chi connectivity index (χ0) is 17.6. The number of nitrogens with zero attached hydrogens (tertiary/aromatic N) is 1. The normalized spacial score (nSPS) is 13.4. The molecule has 0 bridgehead atoms. The lowest BCUT2D eigenvalue weighted by atomic mass is 10.2. The van der Waals surface area contributed by atoms with Crippen LogP contribution in [0, 0.1) is 0 Å². The molecule has 4 nitrogen and oxygen atoms in total. The summed E-state index contributed by atoms with van der Waals surface area (Å²) in [5.74, 6) is 1.68. The van der Waals surface area contributed by atoms with Gasteiger partial charge in [0.05, 0.1) is 20.1 Å². The fraction of sp³-hybridized carbons (Fsp3) is 0.350. The molecule has 0 radical (unpaired) electrons. The Morgan fingerprint density at radius 2 is 1.72 bits per heavy atom. The van der Waals surface area contributed by atoms with Gasteiger partial charge in [-0.1, -0.05) is 23.7 Å². The maximum Gasteiger partial charge on any atom is 0.226 e. The van der Waals surface area contributed by atoms with E-state index in [9.17, 15) is 4.79 Å². The van der Waals surface area contributed by atoms with Crippen LogP contribution in [0.4, 0.5) is 0 Å². The minimum Gasteiger partial charge on any atom is -0.497 e. The molecule has 0 heterocycles. The van der Waals surface area contributed by atoms with Crippen molar-refractivity contribution < 1.29 is 14.3 Å². The van der Waals surface area contributed by atoms with Crippen molar-refractivity contribution in [3.8, 4) is 11.5 Å². The molecular formula is C20H22ClNO3. The highest BCUT2D eigenvalue weighted by molar-refractivity contribution is 6.30. The second-order valence-electron chi connectivity index (χ2n) is 6.15. The smallest absolute Gasteiger partial charge is 0.226 e. The summed E-state index contributed by atoms with van der Waals surface area (Å²) in [5, 5.41) is 0.669. The Hall–Kier alpha value is -2.20. The zero-order valence-corrected chi connectivity index (χ0v) is 15.0. The Balaban J connectivity index is 1.52. The van der Waals surface area contributed by atoms with Crippen LogP contribution in [0.15, 0.2) is 48.5 Å². The predicted molar refractivity (Wildman–Crippen MR) is 98.1 cm³/mol. The summed E-state index contributed by atoms with van der Waals surface area (Å²) in [5.41, 5.74) is 1.11. The van der Waals surface area contributed by atoms with Crippen molar-refractivity contribution in [1.29, 1.82) is 0 Å². The SMILES string of the molecule is COc1ccc(CN(C(=O)CCOc2ccc(Cl)cc2)C2CC2)cc1. The minimum absolute atomic E-state index is 0.132. The van der Waals surface area contributed by atoms with Crippen molar-refractivity contribution in [2.24, 2.45) is 0 Å². The van der Waals surface area contributed by atoms with Crippen molar-refractivity contribution in [3.05, 3.63) is 59.1 Å². The lowest BCUT2D eigenvalue weighted by Crippen LogP contribution is -2.33. The van der Waals surface area contributed by atoms with Crippen LogP contribution >= 0.6 is 11.6 Å². The highest BCUT2D eigenvalue weighted by Crippen LogP contribution is 2.29. The van der Waals surface area contributed by atoms with E-state index in [0.717, 1.165) is 29.9 Å². The molecule has 0 spiro atoms. The molecule has 5 heteroatoms. The summed E-state index contributed by atoms with van der Waals surface area (Å²) in [6, 6.07) is 15.4. The van der Waals surface area contributed by atoms with E-state index in [-0.39, 0.29) is 5.91 Å². The zero-order valence-electron chi connectivity index (χ0n) is 14.3. The van der Waals surface area contributed by atoms with Crippen LogP contribution in [-0.2, 0) is 11.3 Å². The van der Waals surface area contributed by atoms with Crippen molar-refractivity contribution in [2.45, 2.75) is 31.8 Å². The molecule has 3 rings (SSSR count). The summed E-state index contributed by atoms with van der Waals surface area (Å²) in [6.07, 6.45) is 2.54. The number of amides is 1. The van der Waals surface area contributed by atoms with E-state index in [4.69, 9.17) is 21.1 Å². The Morgan fingerprint density at radius 1 is 1.08 bits per heavy atom. The van der Waals surface area contributed by atoms with Gasteiger partial charge in [0, 0.05) is 17.6 Å². The Morgan fingerprint density at radius 3 is 2.32 bits per heavy atom. The lowest BCUT2D eigenvalue weighted by Gasteiger charge is -2.23. The summed E-state index contributed by atoms with van der Waals surface area (Å²) >= 11 is 5.85. The third-order valence-electron chi connectivity index (χ3n) is 4.22. The van der Waals surface area contributed by atoms with E-state index in [0.29, 0.717) is 30.6 Å². The molecule has 2 aromatic carbocycles. The summed E-state index contributed by atoms with van der Waals surface area (Å²) < 4.78 is 10.8. The van der Waals surface area contributed by atoms with Gasteiger partial charge in [-0.05, 0) is 54.8 Å². The molecule has 2 aromatic rings. The standard InChI is InChI=1S/C20H22ClNO3/c1-24-18-8-2-15(3-9-18)14-22(17-6-7-17)20(23)12-13-25-19-10-4-16(21)5-11-19/h2-5,8-11,17H,6-7,12-14H2,1H3. The van der Waals surface area contributed by atoms with Gasteiger partial charge in [0.2, 0.25) is 5.91 Å². The first-order valence-corrected chi connectivity index (χ1v) is 8.84. The molecule has 1 saturated carbocycles. The molecule has 0 aliphatic heterocycles. The molecule has 25 heavy (non-hydrogen) atoms. The van der Waals surface area contributed by atoms with Gasteiger partial charge < -0.3 is 14.4 Å². The van der Waals surface area contributed by atoms with E-state index < -0.39 is 0 Å². The molecule has 0 aromatic heterocycles. The van der Waals surface area contributed by atoms with Crippen LogP contribution in [0.2, 0.25) is 5.02 Å². The van der Waals surface area contributed by atoms with Crippen LogP contribution in [0.3, 0.4) is 0 Å². The van der Waals surface area contributed by atoms with E-state index in [2.05, 4.69) is 0 Å². The molecular weight excluding hydrogens is 338 g/mol. The van der Waals surface area contributed by atoms with Gasteiger partial charge in [-0.3, -0.25) is 4.79 Å². The van der Waals surface area contributed by atoms with E-state index >= 15 is 0 Å². The van der Waals surface area contributed by atoms with Crippen molar-refractivity contribution in [2.75, 3.05) is 13.7 Å². The molecule has 0 unspecified atom stereocenters. The number of rotatable bonds is 8. The second kappa shape index (κ2) is 8.26. The van der Waals surface area contributed by atoms with Crippen LogP contribution in [-0.4, -0.2) is 30.6 Å². The summed E-state index contributed by atoms with van der Waals surface area (Å²) in [6.45, 7) is 1.00. The number of ether oxygens (including phenoxy) is 2. The van der Waals surface area contributed by atoms with Crippen molar-refractivity contribution in [1.82, 2.24) is 4.90 Å². The van der Waals surface area contributed by atoms with Gasteiger partial charge in [-0.2, -0.15) is 0 Å². The number of hydrogen-bond acceptors (Lipinski definition) is 3. The average molecular weight is 360 g/mol. The first-order chi connectivity index (χ1) is 12.2. The maximum atomic E-state index is 12.6. The number of benzene rings is 2. The van der Waals surface area contributed by atoms with Gasteiger partial charge >= 0.3 is 0 Å². The van der Waals surface area contributed by atoms with Crippen molar-refractivity contribution in [3.63, 3.8) is 0 Å². The van der Waals surface area contributed by atoms with Gasteiger partial charge in [-0.15, -0.1) is 0 Å². The number of carbonyl (C=O) groups excluding carboxylic acids is 1. The van der Waals surface area contributed by atoms with E-state index in [1.165, 1.54) is 0 Å². The molecule has 132 valence electrons. The summed E-state index contributed by atoms with van der Waals surface area (Å²) in [4.78, 5) is 14.6. The highest BCUT2D eigenvalue weighted by atomic mass is 35.5. The van der Waals surface area contributed by atoms with Crippen molar-refractivity contribution >= 4 is 17.5 Å². The fourth-order valence-corrected chi connectivity index (χ4v) is 2.79. The van der Waals surface area contributed by atoms with Crippen LogP contribution < -0.4 is 9.47 Å². The van der Waals surface area contributed by atoms with Gasteiger partial charge in [0.15, 0.2) is 0 Å². The van der Waals surface area contributed by atoms with Gasteiger partial charge in [0.1, 0.15) is 11.5 Å². The number of hydrogen-bond donors (Lipinski definition) is 0. The largest absolute Gasteiger partial charge is 0.497 e. The molecule has 1 aliphatic rings. The Kier molecular flexibility index (Phi) is 5.82. The van der Waals surface area contributed by atoms with E-state index in [1.54, 1.807) is 19.2 Å². The van der Waals surface area contributed by atoms with Crippen LogP contribution in [0.1, 0.15) is 24.8 Å². The average Bonchev–Trinajstić information content (AvgIpc) is 3.46. The highest BCUT2D eigenvalue weighted by Gasteiger charge is 2.32. The Labute approximate surface area is 153 Å². The maximum absolute atomic E-state index is 12.6. The predicted octanol–water partition coefficient (Wildman–Crippen LogP) is 4.31. The topological polar surface area (TPSA) is 38.8 Å². The van der Waals surface area contributed by atoms with E-state index in [1.807, 2.05) is 41.3 Å². The Bertz CT molecular complexity index is 696. The molecule has 0 saturated heterocycles. The first-order valence-electron chi connectivity index (χ1n) is 8.46. The molecule has 0 N–H and O–H groups in total. The molecule has 0 atom stereocenters. The lowest BCUT2D eigenvalue weighted by molar-refractivity contribution is -0.132. The number of methoxy groups -OCH3 is 1. The van der Waals surface area contributed by atoms with Crippen LogP contribution in [0.5, 0.6) is 11.5 Å². The van der Waals surface area contributed by atoms with Crippen LogP contribution in [0.25, 0.3) is 0 Å². The third kappa shape index (κ3) is 5.13. The fourth-order valence-electron chi connectivity index (χ4n) is 2.67. The molecule has 1 fully saturated rings. The third-order valence-corrected chi connectivity index (χ3v) is 4.47. The molecule has 1 amide bonds. The molecule has 1 aliphatic carbocycles.